The smallest absolute Gasteiger partial charge is 0.257 e. The molecule has 3 rings (SSSR count). The van der Waals surface area contributed by atoms with Crippen molar-refractivity contribution in [2.75, 3.05) is 17.7 Å². The van der Waals surface area contributed by atoms with Crippen LogP contribution >= 0.6 is 0 Å². The van der Waals surface area contributed by atoms with Crippen LogP contribution in [0, 0.1) is 12.7 Å². The van der Waals surface area contributed by atoms with Crippen molar-refractivity contribution in [1.82, 2.24) is 4.72 Å². The fourth-order valence-corrected chi connectivity index (χ4v) is 3.75. The van der Waals surface area contributed by atoms with Crippen LogP contribution in [0.4, 0.5) is 21.5 Å². The average molecular weight is 413 g/mol. The van der Waals surface area contributed by atoms with Gasteiger partial charge in [-0.15, -0.1) is 0 Å². The molecule has 0 heterocycles. The number of carbonyl (C=O) groups is 1. The highest BCUT2D eigenvalue weighted by molar-refractivity contribution is 7.89. The van der Waals surface area contributed by atoms with E-state index in [1.54, 1.807) is 55.5 Å². The van der Waals surface area contributed by atoms with E-state index in [2.05, 4.69) is 15.4 Å². The number of benzene rings is 3. The summed E-state index contributed by atoms with van der Waals surface area (Å²) in [5, 5.41) is 5.81. The summed E-state index contributed by atoms with van der Waals surface area (Å²) in [6.07, 6.45) is 0. The van der Waals surface area contributed by atoms with Gasteiger partial charge < -0.3 is 10.6 Å². The Morgan fingerprint density at radius 3 is 2.28 bits per heavy atom. The van der Waals surface area contributed by atoms with Gasteiger partial charge in [0.1, 0.15) is 5.82 Å². The van der Waals surface area contributed by atoms with Crippen LogP contribution in [0.15, 0.2) is 71.6 Å². The molecule has 0 fully saturated rings. The minimum atomic E-state index is -3.65. The molecule has 29 heavy (non-hydrogen) atoms. The van der Waals surface area contributed by atoms with Gasteiger partial charge in [-0.25, -0.2) is 17.5 Å². The van der Waals surface area contributed by atoms with Gasteiger partial charge in [0.2, 0.25) is 10.0 Å². The third kappa shape index (κ3) is 4.79. The van der Waals surface area contributed by atoms with Gasteiger partial charge in [-0.2, -0.15) is 0 Å². The molecule has 3 aromatic rings. The van der Waals surface area contributed by atoms with Gasteiger partial charge in [0, 0.05) is 11.4 Å². The zero-order valence-electron chi connectivity index (χ0n) is 15.9. The molecule has 1 amide bonds. The largest absolute Gasteiger partial charge is 0.355 e. The minimum Gasteiger partial charge on any atom is -0.355 e. The number of hydrogen-bond acceptors (Lipinski definition) is 4. The monoisotopic (exact) mass is 413 g/mol. The number of para-hydroxylation sites is 1. The van der Waals surface area contributed by atoms with Crippen LogP contribution in [-0.2, 0) is 10.0 Å². The van der Waals surface area contributed by atoms with Crippen LogP contribution in [0.25, 0.3) is 0 Å². The molecule has 0 aliphatic carbocycles. The normalized spacial score (nSPS) is 11.1. The second-order valence-corrected chi connectivity index (χ2v) is 8.17. The van der Waals surface area contributed by atoms with Crippen LogP contribution < -0.4 is 15.4 Å². The van der Waals surface area contributed by atoms with Gasteiger partial charge in [-0.05, 0) is 68.1 Å². The van der Waals surface area contributed by atoms with Gasteiger partial charge in [-0.1, -0.05) is 18.2 Å². The maximum absolute atomic E-state index is 13.1. The molecule has 0 radical (unpaired) electrons. The Morgan fingerprint density at radius 1 is 0.931 bits per heavy atom. The Balaban J connectivity index is 1.87. The first-order valence-electron chi connectivity index (χ1n) is 8.77. The lowest BCUT2D eigenvalue weighted by Gasteiger charge is -2.14. The molecule has 6 nitrogen and oxygen atoms in total. The Hall–Kier alpha value is -3.23. The maximum atomic E-state index is 13.1. The lowest BCUT2D eigenvalue weighted by atomic mass is 10.1. The van der Waals surface area contributed by atoms with E-state index >= 15 is 0 Å². The molecule has 150 valence electrons. The molecule has 0 saturated heterocycles. The number of anilines is 3. The number of hydrogen-bond donors (Lipinski definition) is 3. The molecule has 3 aromatic carbocycles. The van der Waals surface area contributed by atoms with Crippen molar-refractivity contribution >= 4 is 33.0 Å². The number of halogens is 1. The highest BCUT2D eigenvalue weighted by atomic mass is 32.2. The first-order chi connectivity index (χ1) is 13.8. The van der Waals surface area contributed by atoms with Gasteiger partial charge in [0.25, 0.3) is 5.91 Å². The first-order valence-corrected chi connectivity index (χ1v) is 10.3. The van der Waals surface area contributed by atoms with Crippen molar-refractivity contribution in [1.29, 1.82) is 0 Å². The van der Waals surface area contributed by atoms with E-state index in [9.17, 15) is 17.6 Å². The fourth-order valence-electron chi connectivity index (χ4n) is 2.75. The van der Waals surface area contributed by atoms with Crippen molar-refractivity contribution in [3.63, 3.8) is 0 Å². The van der Waals surface area contributed by atoms with E-state index in [-0.39, 0.29) is 10.7 Å². The number of sulfonamides is 1. The molecule has 3 N–H and O–H groups in total. The summed E-state index contributed by atoms with van der Waals surface area (Å²) in [7, 11) is -2.32. The molecule has 0 saturated carbocycles. The van der Waals surface area contributed by atoms with Gasteiger partial charge in [0.05, 0.1) is 16.1 Å². The van der Waals surface area contributed by atoms with Crippen molar-refractivity contribution < 1.29 is 17.6 Å². The van der Waals surface area contributed by atoms with Crippen molar-refractivity contribution in [3.05, 3.63) is 83.7 Å². The zero-order chi connectivity index (χ0) is 21.0. The Labute approximate surface area is 168 Å². The molecule has 0 unspecified atom stereocenters. The molecule has 0 spiro atoms. The average Bonchev–Trinajstić information content (AvgIpc) is 2.71. The van der Waals surface area contributed by atoms with Gasteiger partial charge in [0.15, 0.2) is 0 Å². The number of rotatable bonds is 6. The SMILES string of the molecule is CNS(=O)(=O)c1cc(NC(=O)c2ccccc2Nc2ccc(F)cc2)ccc1C. The highest BCUT2D eigenvalue weighted by Gasteiger charge is 2.17. The van der Waals surface area contributed by atoms with Crippen LogP contribution in [0.1, 0.15) is 15.9 Å². The molecule has 0 aliphatic rings. The second kappa shape index (κ2) is 8.42. The summed E-state index contributed by atoms with van der Waals surface area (Å²) >= 11 is 0. The van der Waals surface area contributed by atoms with Crippen LogP contribution in [0.5, 0.6) is 0 Å². The number of aryl methyl sites for hydroxylation is 1. The summed E-state index contributed by atoms with van der Waals surface area (Å²) < 4.78 is 39.7. The first kappa shape index (κ1) is 20.5. The van der Waals surface area contributed by atoms with E-state index in [0.717, 1.165) is 0 Å². The number of carbonyl (C=O) groups excluding carboxylic acids is 1. The van der Waals surface area contributed by atoms with Crippen molar-refractivity contribution in [2.24, 2.45) is 0 Å². The summed E-state index contributed by atoms with van der Waals surface area (Å²) in [5.74, 6) is -0.764. The Kier molecular flexibility index (Phi) is 5.95. The summed E-state index contributed by atoms with van der Waals surface area (Å²) in [4.78, 5) is 12.9. The quantitative estimate of drug-likeness (QED) is 0.569. The third-order valence-electron chi connectivity index (χ3n) is 4.30. The van der Waals surface area contributed by atoms with Crippen LogP contribution in [0.3, 0.4) is 0 Å². The highest BCUT2D eigenvalue weighted by Crippen LogP contribution is 2.24. The molecule has 0 bridgehead atoms. The van der Waals surface area contributed by atoms with Crippen LogP contribution in [-0.4, -0.2) is 21.4 Å². The third-order valence-corrected chi connectivity index (χ3v) is 5.86. The zero-order valence-corrected chi connectivity index (χ0v) is 16.7. The predicted octanol–water partition coefficient (Wildman–Crippen LogP) is 4.04. The molecular formula is C21H20FN3O3S. The molecule has 0 aromatic heterocycles. The van der Waals surface area contributed by atoms with Gasteiger partial charge in [-0.3, -0.25) is 4.79 Å². The van der Waals surface area contributed by atoms with E-state index in [0.29, 0.717) is 28.2 Å². The molecule has 0 aliphatic heterocycles. The maximum Gasteiger partial charge on any atom is 0.257 e. The van der Waals surface area contributed by atoms with Gasteiger partial charge >= 0.3 is 0 Å². The number of amides is 1. The minimum absolute atomic E-state index is 0.0931. The number of nitrogens with one attached hydrogen (secondary N) is 3. The summed E-state index contributed by atoms with van der Waals surface area (Å²) in [6.45, 7) is 1.68. The van der Waals surface area contributed by atoms with E-state index in [1.807, 2.05) is 0 Å². The molecule has 8 heteroatoms. The second-order valence-electron chi connectivity index (χ2n) is 6.32. The van der Waals surface area contributed by atoms with Crippen LogP contribution in [0.2, 0.25) is 0 Å². The van der Waals surface area contributed by atoms with E-state index < -0.39 is 15.9 Å². The standard InChI is InChI=1S/C21H20FN3O3S/c1-14-7-10-17(13-20(14)29(27,28)23-2)25-21(26)18-5-3-4-6-19(18)24-16-11-8-15(22)9-12-16/h3-13,23-24H,1-2H3,(H,25,26). The Morgan fingerprint density at radius 2 is 1.59 bits per heavy atom. The van der Waals surface area contributed by atoms with E-state index in [4.69, 9.17) is 0 Å². The lowest BCUT2D eigenvalue weighted by Crippen LogP contribution is -2.20. The topological polar surface area (TPSA) is 87.3 Å². The molecule has 0 atom stereocenters. The predicted molar refractivity (Wildman–Crippen MR) is 112 cm³/mol. The van der Waals surface area contributed by atoms with Crippen molar-refractivity contribution in [2.45, 2.75) is 11.8 Å². The van der Waals surface area contributed by atoms with E-state index in [1.165, 1.54) is 25.2 Å². The summed E-state index contributed by atoms with van der Waals surface area (Å²) in [5.41, 5.74) is 2.44. The molecular weight excluding hydrogens is 393 g/mol. The lowest BCUT2D eigenvalue weighted by molar-refractivity contribution is 0.102. The fraction of sp³-hybridized carbons (Fsp3) is 0.0952. The Bertz CT molecular complexity index is 1150. The summed E-state index contributed by atoms with van der Waals surface area (Å²) in [6, 6.07) is 17.3. The van der Waals surface area contributed by atoms with Crippen molar-refractivity contribution in [3.8, 4) is 0 Å².